The zero-order chi connectivity index (χ0) is 21.8. The number of hydrogen-bond donors (Lipinski definition) is 4. The predicted molar refractivity (Wildman–Crippen MR) is 120 cm³/mol. The number of fused-ring (bicyclic) bond motifs is 1. The molecule has 0 fully saturated rings. The maximum atomic E-state index is 13.2. The molecule has 1 aliphatic heterocycles. The average Bonchev–Trinajstić information content (AvgIpc) is 3.39. The normalized spacial score (nSPS) is 13.0. The molecule has 1 aliphatic rings. The lowest BCUT2D eigenvalue weighted by atomic mass is 9.95. The summed E-state index contributed by atoms with van der Waals surface area (Å²) in [6.07, 6.45) is 0.240. The number of anilines is 3. The highest BCUT2D eigenvalue weighted by Gasteiger charge is 2.45. The minimum absolute atomic E-state index is 0. The summed E-state index contributed by atoms with van der Waals surface area (Å²) in [6, 6.07) is 15.7. The smallest absolute Gasteiger partial charge is 0.248 e. The Morgan fingerprint density at radius 2 is 1.69 bits per heavy atom. The van der Waals surface area contributed by atoms with Crippen LogP contribution in [0.1, 0.15) is 39.3 Å². The van der Waals surface area contributed by atoms with Crippen LogP contribution in [0.3, 0.4) is 0 Å². The van der Waals surface area contributed by atoms with Crippen molar-refractivity contribution in [2.45, 2.75) is 18.5 Å². The maximum absolute atomic E-state index is 13.2. The van der Waals surface area contributed by atoms with E-state index < -0.39 is 11.6 Å². The number of carbonyl (C=O) groups is 2. The van der Waals surface area contributed by atoms with E-state index in [4.69, 9.17) is 15.6 Å². The summed E-state index contributed by atoms with van der Waals surface area (Å²) >= 11 is 0. The summed E-state index contributed by atoms with van der Waals surface area (Å²) in [5, 5.41) is 26.4. The Bertz CT molecular complexity index is 1150. The van der Waals surface area contributed by atoms with Gasteiger partial charge in [0.25, 0.3) is 0 Å². The van der Waals surface area contributed by atoms with Crippen LogP contribution in [-0.2, 0) is 5.66 Å². The highest BCUT2D eigenvalue weighted by atomic mass is 35.5. The number of carbonyl (C=O) groups excluding carboxylic acids is 2. The molecule has 0 aliphatic carbocycles. The van der Waals surface area contributed by atoms with Crippen molar-refractivity contribution < 1.29 is 14.2 Å². The first kappa shape index (κ1) is 22.6. The number of nitrogens with two attached hydrogens (primary N) is 1. The van der Waals surface area contributed by atoms with Crippen LogP contribution >= 0.6 is 12.4 Å². The van der Waals surface area contributed by atoms with Crippen LogP contribution in [0.25, 0.3) is 0 Å². The van der Waals surface area contributed by atoms with Gasteiger partial charge in [-0.3, -0.25) is 9.59 Å². The van der Waals surface area contributed by atoms with Gasteiger partial charge in [-0.2, -0.15) is 5.26 Å². The molecule has 3 aromatic rings. The van der Waals surface area contributed by atoms with Gasteiger partial charge < -0.3 is 21.7 Å². The molecule has 5 N–H and O–H groups in total. The minimum atomic E-state index is -1.13. The number of nitriles is 1. The Morgan fingerprint density at radius 3 is 2.28 bits per heavy atom. The van der Waals surface area contributed by atoms with Gasteiger partial charge in [0, 0.05) is 17.7 Å². The van der Waals surface area contributed by atoms with Crippen LogP contribution in [0.15, 0.2) is 53.2 Å². The van der Waals surface area contributed by atoms with Gasteiger partial charge in [0.05, 0.1) is 30.3 Å². The molecular weight excluding hydrogens is 434 g/mol. The zero-order valence-electron chi connectivity index (χ0n) is 16.8. The molecule has 1 aromatic heterocycles. The van der Waals surface area contributed by atoms with Gasteiger partial charge in [-0.1, -0.05) is 24.3 Å². The van der Waals surface area contributed by atoms with Gasteiger partial charge in [0.2, 0.25) is 5.91 Å². The van der Waals surface area contributed by atoms with E-state index >= 15 is 0 Å². The number of amides is 1. The molecular formula is C21H20ClN7O3. The van der Waals surface area contributed by atoms with Crippen molar-refractivity contribution in [3.63, 3.8) is 0 Å². The number of rotatable bonds is 8. The van der Waals surface area contributed by atoms with Crippen LogP contribution in [0.5, 0.6) is 0 Å². The van der Waals surface area contributed by atoms with Crippen LogP contribution < -0.4 is 21.7 Å². The molecule has 0 atom stereocenters. The molecule has 2 heterocycles. The lowest BCUT2D eigenvalue weighted by Crippen LogP contribution is -2.42. The number of hydrogen-bond acceptors (Lipinski definition) is 9. The molecule has 0 bridgehead atoms. The monoisotopic (exact) mass is 453 g/mol. The van der Waals surface area contributed by atoms with Crippen molar-refractivity contribution in [2.24, 2.45) is 5.73 Å². The summed E-state index contributed by atoms with van der Waals surface area (Å²) in [5.74, 6) is -0.429. The second kappa shape index (κ2) is 9.36. The third-order valence-electron chi connectivity index (χ3n) is 4.96. The lowest BCUT2D eigenvalue weighted by Gasteiger charge is -2.28. The van der Waals surface area contributed by atoms with Crippen LogP contribution in [0.4, 0.5) is 17.2 Å². The number of aromatic nitrogens is 2. The van der Waals surface area contributed by atoms with E-state index in [1.807, 2.05) is 30.3 Å². The fourth-order valence-corrected chi connectivity index (χ4v) is 3.47. The molecule has 2 aromatic carbocycles. The van der Waals surface area contributed by atoms with E-state index in [1.165, 1.54) is 12.1 Å². The number of nitrogens with one attached hydrogen (secondary N) is 3. The number of nitrogens with zero attached hydrogens (tertiary/aromatic N) is 3. The van der Waals surface area contributed by atoms with E-state index in [1.54, 1.807) is 12.1 Å². The van der Waals surface area contributed by atoms with E-state index in [9.17, 15) is 9.59 Å². The zero-order valence-corrected chi connectivity index (χ0v) is 17.6. The van der Waals surface area contributed by atoms with E-state index in [0.29, 0.717) is 29.2 Å². The fraction of sp³-hybridized carbons (Fsp3) is 0.190. The van der Waals surface area contributed by atoms with Gasteiger partial charge in [0.15, 0.2) is 23.0 Å². The number of primary amides is 1. The molecule has 32 heavy (non-hydrogen) atoms. The van der Waals surface area contributed by atoms with Crippen molar-refractivity contribution in [2.75, 3.05) is 22.5 Å². The number of para-hydroxylation sites is 2. The van der Waals surface area contributed by atoms with Gasteiger partial charge in [-0.05, 0) is 34.6 Å². The van der Waals surface area contributed by atoms with Crippen molar-refractivity contribution in [3.8, 4) is 6.07 Å². The summed E-state index contributed by atoms with van der Waals surface area (Å²) in [5.41, 5.74) is 6.84. The highest BCUT2D eigenvalue weighted by Crippen LogP contribution is 2.43. The molecule has 164 valence electrons. The predicted octanol–water partition coefficient (Wildman–Crippen LogP) is 2.88. The molecule has 0 radical (unpaired) electrons. The fourth-order valence-electron chi connectivity index (χ4n) is 3.47. The van der Waals surface area contributed by atoms with Gasteiger partial charge in [0.1, 0.15) is 0 Å². The summed E-state index contributed by atoms with van der Waals surface area (Å²) in [7, 11) is 0. The molecule has 0 unspecified atom stereocenters. The first-order valence-electron chi connectivity index (χ1n) is 9.55. The number of Topliss-reactive ketones (excluding diaryl/α,β-unsaturated/α-hetero) is 1. The Labute approximate surface area is 189 Å². The van der Waals surface area contributed by atoms with Gasteiger partial charge >= 0.3 is 0 Å². The molecule has 0 spiro atoms. The van der Waals surface area contributed by atoms with Crippen molar-refractivity contribution in [1.29, 1.82) is 5.26 Å². The second-order valence-corrected chi connectivity index (χ2v) is 7.04. The summed E-state index contributed by atoms with van der Waals surface area (Å²) < 4.78 is 4.95. The van der Waals surface area contributed by atoms with Gasteiger partial charge in [-0.25, -0.2) is 4.63 Å². The molecule has 0 saturated heterocycles. The molecule has 0 saturated carbocycles. The Morgan fingerprint density at radius 1 is 1.06 bits per heavy atom. The highest BCUT2D eigenvalue weighted by molar-refractivity contribution is 6.00. The van der Waals surface area contributed by atoms with Crippen LogP contribution in [0.2, 0.25) is 0 Å². The van der Waals surface area contributed by atoms with E-state index in [-0.39, 0.29) is 31.0 Å². The molecule has 10 nitrogen and oxygen atoms in total. The quantitative estimate of drug-likeness (QED) is 0.297. The SMILES string of the molecule is Cl.N#CCCNc1nonc1C1(CC(=O)c2ccc(C(N)=O)cc2)Nc2ccccc2N1. The maximum Gasteiger partial charge on any atom is 0.248 e. The second-order valence-electron chi connectivity index (χ2n) is 7.04. The topological polar surface area (TPSA) is 159 Å². The summed E-state index contributed by atoms with van der Waals surface area (Å²) in [6.45, 7) is 0.350. The van der Waals surface area contributed by atoms with Crippen molar-refractivity contribution >= 4 is 41.3 Å². The number of benzene rings is 2. The number of halogens is 1. The van der Waals surface area contributed by atoms with Gasteiger partial charge in [-0.15, -0.1) is 12.4 Å². The Hall–Kier alpha value is -4.10. The standard InChI is InChI=1S/C21H19N7O3.ClH/c22-10-3-11-24-20-18(27-31-28-20)21(25-15-4-1-2-5-16(15)26-21)12-17(29)13-6-8-14(9-7-13)19(23)30;/h1-2,4-9,25-26H,3,11-12H2,(H2,23,30)(H,24,28);1H. The molecule has 1 amide bonds. The summed E-state index contributed by atoms with van der Waals surface area (Å²) in [4.78, 5) is 24.5. The third kappa shape index (κ3) is 4.33. The van der Waals surface area contributed by atoms with Crippen molar-refractivity contribution in [3.05, 3.63) is 65.4 Å². The Kier molecular flexibility index (Phi) is 6.61. The first-order chi connectivity index (χ1) is 15.0. The Balaban J connectivity index is 0.00000289. The van der Waals surface area contributed by atoms with Crippen molar-refractivity contribution in [1.82, 2.24) is 10.3 Å². The van der Waals surface area contributed by atoms with Crippen LogP contribution in [-0.4, -0.2) is 28.5 Å². The number of ketones is 1. The molecule has 4 rings (SSSR count). The minimum Gasteiger partial charge on any atom is -0.366 e. The molecule has 11 heteroatoms. The first-order valence-corrected chi connectivity index (χ1v) is 9.55. The lowest BCUT2D eigenvalue weighted by molar-refractivity contribution is 0.0957. The largest absolute Gasteiger partial charge is 0.366 e. The third-order valence-corrected chi connectivity index (χ3v) is 4.96. The van der Waals surface area contributed by atoms with Crippen LogP contribution in [0, 0.1) is 11.3 Å². The van der Waals surface area contributed by atoms with E-state index in [2.05, 4.69) is 26.3 Å². The average molecular weight is 454 g/mol. The van der Waals surface area contributed by atoms with E-state index in [0.717, 1.165) is 11.4 Å².